The van der Waals surface area contributed by atoms with Crippen molar-refractivity contribution in [3.8, 4) is 0 Å². The third-order valence-electron chi connectivity index (χ3n) is 2.25. The predicted molar refractivity (Wildman–Crippen MR) is 46.3 cm³/mol. The van der Waals surface area contributed by atoms with Gasteiger partial charge in [0.1, 0.15) is 19.7 Å². The molecule has 0 radical (unpaired) electrons. The van der Waals surface area contributed by atoms with Crippen LogP contribution in [0.4, 0.5) is 0 Å². The fraction of sp³-hybridized carbons (Fsp3) is 1.00. The highest BCUT2D eigenvalue weighted by Crippen LogP contribution is 2.36. The molecule has 0 bridgehead atoms. The van der Waals surface area contributed by atoms with E-state index in [1.54, 1.807) is 0 Å². The molecular weight excluding hydrogens is 262 g/mol. The van der Waals surface area contributed by atoms with Gasteiger partial charge < -0.3 is 0 Å². The lowest BCUT2D eigenvalue weighted by atomic mass is 10.1. The number of nitrogens with zero attached hydrogens (tertiary/aromatic N) is 6. The molecule has 1 rings (SSSR count). The Balaban J connectivity index is 3.51. The van der Waals surface area contributed by atoms with E-state index < -0.39 is 37.3 Å². The van der Waals surface area contributed by atoms with Gasteiger partial charge in [-0.05, 0) is 10.2 Å². The minimum Gasteiger partial charge on any atom is -0.298 e. The molecule has 0 aliphatic carbocycles. The highest BCUT2D eigenvalue weighted by atomic mass is 16.7. The molecule has 1 aliphatic heterocycles. The summed E-state index contributed by atoms with van der Waals surface area (Å²) in [5, 5.41) is 47.3. The third kappa shape index (κ3) is 1.21. The average molecular weight is 265 g/mol. The molecule has 0 amide bonds. The number of hydrogen-bond acceptors (Lipinski definition) is 11. The second kappa shape index (κ2) is 3.58. The van der Waals surface area contributed by atoms with Crippen LogP contribution in [0.15, 0.2) is 10.2 Å². The van der Waals surface area contributed by atoms with Gasteiger partial charge in [-0.1, -0.05) is 0 Å². The molecule has 1 heterocycles. The van der Waals surface area contributed by atoms with Gasteiger partial charge in [-0.3, -0.25) is 46.2 Å². The van der Waals surface area contributed by atoms with Crippen molar-refractivity contribution in [3.63, 3.8) is 0 Å². The van der Waals surface area contributed by atoms with Gasteiger partial charge in [0.2, 0.25) is 0 Å². The van der Waals surface area contributed by atoms with E-state index in [9.17, 15) is 40.5 Å². The van der Waals surface area contributed by atoms with Crippen LogP contribution in [0, 0.1) is 40.5 Å². The first-order valence-electron chi connectivity index (χ1n) is 3.91. The van der Waals surface area contributed by atoms with Crippen molar-refractivity contribution >= 4 is 0 Å². The van der Waals surface area contributed by atoms with E-state index >= 15 is 0 Å². The summed E-state index contributed by atoms with van der Waals surface area (Å²) < 4.78 is 0. The van der Waals surface area contributed by atoms with Crippen LogP contribution in [0.25, 0.3) is 0 Å². The molecule has 0 spiro atoms. The summed E-state index contributed by atoms with van der Waals surface area (Å²) in [4.78, 5) is 35.7. The molecule has 15 heteroatoms. The standard InChI is InChI=1S/C3H3N7O8/c4-1-2(7(11)12,8(13)14)5-6-3(1,9(15)16)10(17)18/h1H,4H2. The Morgan fingerprint density at radius 2 is 1.00 bits per heavy atom. The van der Waals surface area contributed by atoms with Crippen LogP contribution < -0.4 is 5.73 Å². The molecule has 0 aromatic rings. The van der Waals surface area contributed by atoms with Crippen molar-refractivity contribution in [2.45, 2.75) is 17.6 Å². The minimum absolute atomic E-state index is 1.67. The van der Waals surface area contributed by atoms with Gasteiger partial charge in [-0.15, -0.1) is 0 Å². The highest BCUT2D eigenvalue weighted by Gasteiger charge is 2.87. The van der Waals surface area contributed by atoms with Gasteiger partial charge in [-0.2, -0.15) is 0 Å². The van der Waals surface area contributed by atoms with Crippen LogP contribution in [-0.2, 0) is 0 Å². The molecule has 0 atom stereocenters. The van der Waals surface area contributed by atoms with Gasteiger partial charge in [-0.25, -0.2) is 0 Å². The maximum Gasteiger partial charge on any atom is 0.610 e. The summed E-state index contributed by atoms with van der Waals surface area (Å²) >= 11 is 0. The van der Waals surface area contributed by atoms with Crippen molar-refractivity contribution in [3.05, 3.63) is 40.5 Å². The molecular formula is C3H3N7O8. The van der Waals surface area contributed by atoms with E-state index in [2.05, 4.69) is 10.2 Å². The second-order valence-corrected chi connectivity index (χ2v) is 3.08. The lowest BCUT2D eigenvalue weighted by molar-refractivity contribution is -0.836. The molecule has 0 saturated carbocycles. The second-order valence-electron chi connectivity index (χ2n) is 3.08. The fourth-order valence-corrected chi connectivity index (χ4v) is 1.27. The van der Waals surface area contributed by atoms with E-state index in [1.807, 2.05) is 0 Å². The summed E-state index contributed by atoms with van der Waals surface area (Å²) in [6.45, 7) is 0. The van der Waals surface area contributed by atoms with Crippen LogP contribution in [0.3, 0.4) is 0 Å². The van der Waals surface area contributed by atoms with Gasteiger partial charge in [0.15, 0.2) is 0 Å². The molecule has 18 heavy (non-hydrogen) atoms. The maximum absolute atomic E-state index is 10.6. The Hall–Kier alpha value is -2.84. The summed E-state index contributed by atoms with van der Waals surface area (Å²) in [6, 6.07) is -2.79. The van der Waals surface area contributed by atoms with Crippen LogP contribution >= 0.6 is 0 Å². The molecule has 2 N–H and O–H groups in total. The Labute approximate surface area is 94.9 Å². The molecule has 0 aromatic heterocycles. The quantitative estimate of drug-likeness (QED) is 0.342. The van der Waals surface area contributed by atoms with Crippen molar-refractivity contribution in [1.29, 1.82) is 0 Å². The molecule has 1 aliphatic rings. The van der Waals surface area contributed by atoms with E-state index in [0.717, 1.165) is 0 Å². The number of nitro groups is 4. The summed E-state index contributed by atoms with van der Waals surface area (Å²) in [6.07, 6.45) is 0. The van der Waals surface area contributed by atoms with Crippen LogP contribution in [0.5, 0.6) is 0 Å². The van der Waals surface area contributed by atoms with Crippen molar-refractivity contribution < 1.29 is 19.7 Å². The van der Waals surface area contributed by atoms with Crippen molar-refractivity contribution in [2.24, 2.45) is 16.0 Å². The zero-order valence-electron chi connectivity index (χ0n) is 8.10. The average Bonchev–Trinajstić information content (AvgIpc) is 2.53. The van der Waals surface area contributed by atoms with E-state index in [4.69, 9.17) is 5.73 Å². The number of hydrogen-bond donors (Lipinski definition) is 1. The Morgan fingerprint density at radius 3 is 1.11 bits per heavy atom. The smallest absolute Gasteiger partial charge is 0.298 e. The van der Waals surface area contributed by atoms with Crippen LogP contribution in [-0.4, -0.2) is 37.3 Å². The van der Waals surface area contributed by atoms with E-state index in [1.165, 1.54) is 0 Å². The first kappa shape index (κ1) is 13.2. The first-order valence-corrected chi connectivity index (χ1v) is 3.91. The van der Waals surface area contributed by atoms with Gasteiger partial charge >= 0.3 is 17.6 Å². The van der Waals surface area contributed by atoms with Gasteiger partial charge in [0, 0.05) is 0 Å². The monoisotopic (exact) mass is 265 g/mol. The largest absolute Gasteiger partial charge is 0.610 e. The molecule has 0 saturated heterocycles. The molecule has 98 valence electrons. The summed E-state index contributed by atoms with van der Waals surface area (Å²) in [7, 11) is 0. The Morgan fingerprint density at radius 1 is 0.778 bits per heavy atom. The minimum atomic E-state index is -3.65. The van der Waals surface area contributed by atoms with E-state index in [-0.39, 0.29) is 0 Å². The van der Waals surface area contributed by atoms with Crippen LogP contribution in [0.2, 0.25) is 0 Å². The Kier molecular flexibility index (Phi) is 2.63. The summed E-state index contributed by atoms with van der Waals surface area (Å²) in [5.74, 6) is -7.31. The highest BCUT2D eigenvalue weighted by molar-refractivity contribution is 4.93. The normalized spacial score (nSPS) is 20.5. The van der Waals surface area contributed by atoms with Crippen molar-refractivity contribution in [1.82, 2.24) is 0 Å². The van der Waals surface area contributed by atoms with E-state index in [0.29, 0.717) is 0 Å². The predicted octanol–water partition coefficient (Wildman–Crippen LogP) is -1.81. The molecule has 15 nitrogen and oxygen atoms in total. The number of azo groups is 1. The molecule has 0 aromatic carbocycles. The molecule has 0 unspecified atom stereocenters. The zero-order chi connectivity index (χ0) is 14.3. The first-order chi connectivity index (χ1) is 8.14. The molecule has 0 fully saturated rings. The summed E-state index contributed by atoms with van der Waals surface area (Å²) in [5.41, 5.74) is 4.94. The van der Waals surface area contributed by atoms with Crippen molar-refractivity contribution in [2.75, 3.05) is 0 Å². The lowest BCUT2D eigenvalue weighted by Crippen LogP contribution is -2.68. The lowest BCUT2D eigenvalue weighted by Gasteiger charge is -2.14. The number of rotatable bonds is 4. The van der Waals surface area contributed by atoms with Crippen LogP contribution in [0.1, 0.15) is 0 Å². The fourth-order valence-electron chi connectivity index (χ4n) is 1.27. The SMILES string of the molecule is NC1C([N+](=O)[O-])([N+](=O)[O-])N=NC1([N+](=O)[O-])[N+](=O)[O-]. The topological polar surface area (TPSA) is 223 Å². The number of nitrogens with two attached hydrogens (primary N) is 1. The maximum atomic E-state index is 10.6. The van der Waals surface area contributed by atoms with Gasteiger partial charge in [0.05, 0.1) is 0 Å². The third-order valence-corrected chi connectivity index (χ3v) is 2.25. The Bertz CT molecular complexity index is 413. The zero-order valence-corrected chi connectivity index (χ0v) is 8.10. The van der Waals surface area contributed by atoms with Gasteiger partial charge in [0.25, 0.3) is 0 Å².